The third kappa shape index (κ3) is 5.24. The highest BCUT2D eigenvalue weighted by Crippen LogP contribution is 2.37. The highest BCUT2D eigenvalue weighted by molar-refractivity contribution is 5.86. The number of ketones is 1. The lowest BCUT2D eigenvalue weighted by atomic mass is 9.82. The number of rotatable bonds is 11. The first kappa shape index (κ1) is 21.7. The molecular weight excluding hydrogens is 358 g/mol. The molecule has 0 radical (unpaired) electrons. The van der Waals surface area contributed by atoms with Gasteiger partial charge in [0.1, 0.15) is 0 Å². The molecule has 0 N–H and O–H groups in total. The lowest BCUT2D eigenvalue weighted by molar-refractivity contribution is -0.533. The monoisotopic (exact) mass is 385 g/mol. The topological polar surface area (TPSA) is 78.7 Å². The largest absolute Gasteiger partial charge is 0.344 e. The zero-order chi connectivity index (χ0) is 20.6. The molecule has 0 fully saturated rings. The fourth-order valence-electron chi connectivity index (χ4n) is 3.40. The van der Waals surface area contributed by atoms with Crippen LogP contribution in [0.2, 0.25) is 0 Å². The van der Waals surface area contributed by atoms with Crippen LogP contribution in [0.1, 0.15) is 50.3 Å². The molecular formula is C22H27NO5. The van der Waals surface area contributed by atoms with Gasteiger partial charge in [0, 0.05) is 30.1 Å². The van der Waals surface area contributed by atoms with E-state index in [4.69, 9.17) is 9.47 Å². The van der Waals surface area contributed by atoms with Crippen molar-refractivity contribution in [3.63, 3.8) is 0 Å². The summed E-state index contributed by atoms with van der Waals surface area (Å²) in [6.07, 6.45) is -0.0684. The van der Waals surface area contributed by atoms with Gasteiger partial charge < -0.3 is 9.47 Å². The first-order valence-electron chi connectivity index (χ1n) is 9.47. The van der Waals surface area contributed by atoms with Gasteiger partial charge in [0.2, 0.25) is 11.8 Å². The molecule has 0 saturated heterocycles. The van der Waals surface area contributed by atoms with Crippen molar-refractivity contribution in [3.05, 3.63) is 81.9 Å². The van der Waals surface area contributed by atoms with Gasteiger partial charge in [-0.1, -0.05) is 60.7 Å². The summed E-state index contributed by atoms with van der Waals surface area (Å²) in [7, 11) is 0. The zero-order valence-corrected chi connectivity index (χ0v) is 16.5. The van der Waals surface area contributed by atoms with Crippen LogP contribution in [0.5, 0.6) is 0 Å². The number of hydrogen-bond donors (Lipinski definition) is 0. The summed E-state index contributed by atoms with van der Waals surface area (Å²) in [5.41, 5.74) is 1.29. The Hall–Kier alpha value is -2.57. The second-order valence-corrected chi connectivity index (χ2v) is 6.60. The van der Waals surface area contributed by atoms with Crippen molar-refractivity contribution in [2.45, 2.75) is 44.9 Å². The fraction of sp³-hybridized carbons (Fsp3) is 0.409. The van der Waals surface area contributed by atoms with Crippen LogP contribution in [0.25, 0.3) is 0 Å². The van der Waals surface area contributed by atoms with E-state index in [1.54, 1.807) is 45.0 Å². The maximum atomic E-state index is 13.1. The van der Waals surface area contributed by atoms with E-state index >= 15 is 0 Å². The number of hydrogen-bond acceptors (Lipinski definition) is 5. The quantitative estimate of drug-likeness (QED) is 0.322. The predicted molar refractivity (Wildman–Crippen MR) is 107 cm³/mol. The lowest BCUT2D eigenvalue weighted by Crippen LogP contribution is -2.42. The van der Waals surface area contributed by atoms with Crippen LogP contribution in [-0.4, -0.2) is 29.7 Å². The summed E-state index contributed by atoms with van der Waals surface area (Å²) in [5, 5.41) is 12.0. The van der Waals surface area contributed by atoms with Gasteiger partial charge in [-0.25, -0.2) is 0 Å². The molecule has 2 rings (SSSR count). The SMILES string of the molecule is CCOC(C)(OCC)C(=O)C[C@H](c1ccccc1)[C@H](c1ccccc1)[N+](=O)[O-]. The summed E-state index contributed by atoms with van der Waals surface area (Å²) in [4.78, 5) is 24.8. The molecule has 0 amide bonds. The Morgan fingerprint density at radius 2 is 1.43 bits per heavy atom. The Balaban J connectivity index is 2.45. The maximum absolute atomic E-state index is 13.1. The minimum Gasteiger partial charge on any atom is -0.344 e. The Labute approximate surface area is 165 Å². The summed E-state index contributed by atoms with van der Waals surface area (Å²) >= 11 is 0. The molecule has 150 valence electrons. The van der Waals surface area contributed by atoms with Crippen molar-refractivity contribution in [1.82, 2.24) is 0 Å². The first-order chi connectivity index (χ1) is 13.4. The minimum atomic E-state index is -1.42. The molecule has 0 aliphatic carbocycles. The molecule has 0 saturated carbocycles. The molecule has 0 heterocycles. The predicted octanol–water partition coefficient (Wildman–Crippen LogP) is 4.54. The first-order valence-corrected chi connectivity index (χ1v) is 9.47. The highest BCUT2D eigenvalue weighted by Gasteiger charge is 2.42. The number of nitrogens with zero attached hydrogens (tertiary/aromatic N) is 1. The third-order valence-electron chi connectivity index (χ3n) is 4.73. The highest BCUT2D eigenvalue weighted by atomic mass is 16.7. The summed E-state index contributed by atoms with van der Waals surface area (Å²) in [6, 6.07) is 16.8. The van der Waals surface area contributed by atoms with Gasteiger partial charge in [-0.15, -0.1) is 0 Å². The van der Waals surface area contributed by atoms with Crippen molar-refractivity contribution < 1.29 is 19.2 Å². The minimum absolute atomic E-state index is 0.0684. The third-order valence-corrected chi connectivity index (χ3v) is 4.73. The average molecular weight is 385 g/mol. The van der Waals surface area contributed by atoms with Crippen molar-refractivity contribution >= 4 is 5.78 Å². The molecule has 6 heteroatoms. The van der Waals surface area contributed by atoms with Crippen LogP contribution >= 0.6 is 0 Å². The second kappa shape index (κ2) is 10.1. The number of nitro groups is 1. The summed E-state index contributed by atoms with van der Waals surface area (Å²) in [6.45, 7) is 5.74. The fourth-order valence-corrected chi connectivity index (χ4v) is 3.40. The van der Waals surface area contributed by atoms with E-state index in [2.05, 4.69) is 0 Å². The Bertz CT molecular complexity index is 757. The Morgan fingerprint density at radius 1 is 0.964 bits per heavy atom. The van der Waals surface area contributed by atoms with Crippen molar-refractivity contribution in [2.24, 2.45) is 0 Å². The number of carbonyl (C=O) groups excluding carboxylic acids is 1. The van der Waals surface area contributed by atoms with E-state index in [1.165, 1.54) is 0 Å². The van der Waals surface area contributed by atoms with Crippen molar-refractivity contribution in [1.29, 1.82) is 0 Å². The van der Waals surface area contributed by atoms with E-state index in [0.29, 0.717) is 18.8 Å². The maximum Gasteiger partial charge on any atom is 0.245 e. The van der Waals surface area contributed by atoms with Gasteiger partial charge in [0.05, 0.1) is 5.92 Å². The smallest absolute Gasteiger partial charge is 0.245 e. The molecule has 2 atom stereocenters. The van der Waals surface area contributed by atoms with Gasteiger partial charge in [0.15, 0.2) is 5.78 Å². The molecule has 0 bridgehead atoms. The van der Waals surface area contributed by atoms with Gasteiger partial charge in [-0.05, 0) is 26.3 Å². The van der Waals surface area contributed by atoms with E-state index in [0.717, 1.165) is 5.56 Å². The van der Waals surface area contributed by atoms with Crippen LogP contribution in [0.4, 0.5) is 0 Å². The van der Waals surface area contributed by atoms with Crippen LogP contribution < -0.4 is 0 Å². The molecule has 2 aromatic carbocycles. The van der Waals surface area contributed by atoms with Crippen molar-refractivity contribution in [3.8, 4) is 0 Å². The van der Waals surface area contributed by atoms with Crippen LogP contribution in [0, 0.1) is 10.1 Å². The van der Waals surface area contributed by atoms with Crippen LogP contribution in [-0.2, 0) is 14.3 Å². The normalized spacial score (nSPS) is 13.7. The lowest BCUT2D eigenvalue weighted by Gasteiger charge is -2.30. The van der Waals surface area contributed by atoms with E-state index in [-0.39, 0.29) is 17.1 Å². The molecule has 0 aliphatic heterocycles. The molecule has 0 aromatic heterocycles. The molecule has 6 nitrogen and oxygen atoms in total. The van der Waals surface area contributed by atoms with Gasteiger partial charge in [0.25, 0.3) is 0 Å². The molecule has 0 spiro atoms. The second-order valence-electron chi connectivity index (χ2n) is 6.60. The van der Waals surface area contributed by atoms with E-state index < -0.39 is 17.7 Å². The molecule has 0 unspecified atom stereocenters. The summed E-state index contributed by atoms with van der Waals surface area (Å²) in [5.74, 6) is -2.38. The average Bonchev–Trinajstić information content (AvgIpc) is 2.69. The molecule has 0 aliphatic rings. The molecule has 28 heavy (non-hydrogen) atoms. The van der Waals surface area contributed by atoms with E-state index in [9.17, 15) is 14.9 Å². The Morgan fingerprint density at radius 3 is 1.86 bits per heavy atom. The van der Waals surface area contributed by atoms with Crippen molar-refractivity contribution in [2.75, 3.05) is 13.2 Å². The van der Waals surface area contributed by atoms with E-state index in [1.807, 2.05) is 36.4 Å². The molecule has 2 aromatic rings. The Kier molecular flexibility index (Phi) is 7.84. The number of benzene rings is 2. The number of carbonyl (C=O) groups is 1. The van der Waals surface area contributed by atoms with Gasteiger partial charge >= 0.3 is 0 Å². The van der Waals surface area contributed by atoms with Crippen LogP contribution in [0.3, 0.4) is 0 Å². The number of Topliss-reactive ketones (excluding diaryl/α,β-unsaturated/α-hetero) is 1. The number of ether oxygens (including phenoxy) is 2. The van der Waals surface area contributed by atoms with Gasteiger partial charge in [-0.3, -0.25) is 14.9 Å². The van der Waals surface area contributed by atoms with Gasteiger partial charge in [-0.2, -0.15) is 0 Å². The van der Waals surface area contributed by atoms with Crippen LogP contribution in [0.15, 0.2) is 60.7 Å². The zero-order valence-electron chi connectivity index (χ0n) is 16.5. The summed E-state index contributed by atoms with van der Waals surface area (Å²) < 4.78 is 11.1. The standard InChI is InChI=1S/C22H27NO5/c1-4-27-22(3,28-5-2)20(24)16-19(17-12-8-6-9-13-17)21(23(25)26)18-14-10-7-11-15-18/h6-15,19,21H,4-5,16H2,1-3H3/t19-,21+/m1/s1.